The van der Waals surface area contributed by atoms with Gasteiger partial charge in [-0.1, -0.05) is 0 Å². The molecule has 0 N–H and O–H groups in total. The molecule has 5 nitrogen and oxygen atoms in total. The summed E-state index contributed by atoms with van der Waals surface area (Å²) in [5.74, 6) is -0.496. The van der Waals surface area contributed by atoms with Crippen molar-refractivity contribution in [2.45, 2.75) is 37.9 Å². The number of alkyl halides is 3. The molecule has 130 valence electrons. The monoisotopic (exact) mass is 341 g/mol. The minimum Gasteiger partial charge on any atom is -0.340 e. The average Bonchev–Trinajstić information content (AvgIpc) is 2.99. The molecule has 1 aromatic rings. The molecule has 2 aliphatic rings. The molecule has 0 spiro atoms. The Morgan fingerprint density at radius 3 is 2.50 bits per heavy atom. The molecule has 0 bridgehead atoms. The third-order valence-corrected chi connectivity index (χ3v) is 4.66. The number of amides is 2. The lowest BCUT2D eigenvalue weighted by Crippen LogP contribution is -2.47. The van der Waals surface area contributed by atoms with E-state index in [0.717, 1.165) is 19.0 Å². The molecule has 2 aliphatic heterocycles. The fourth-order valence-electron chi connectivity index (χ4n) is 3.41. The molecule has 3 heterocycles. The van der Waals surface area contributed by atoms with Crippen LogP contribution < -0.4 is 0 Å². The van der Waals surface area contributed by atoms with Crippen LogP contribution in [0.5, 0.6) is 0 Å². The summed E-state index contributed by atoms with van der Waals surface area (Å²) in [5, 5.41) is 0. The molecule has 0 atom stereocenters. The highest BCUT2D eigenvalue weighted by atomic mass is 19.4. The zero-order chi connectivity index (χ0) is 17.3. The second-order valence-electron chi connectivity index (χ2n) is 6.13. The van der Waals surface area contributed by atoms with Gasteiger partial charge in [0.1, 0.15) is 0 Å². The summed E-state index contributed by atoms with van der Waals surface area (Å²) in [7, 11) is 0. The highest BCUT2D eigenvalue weighted by Gasteiger charge is 2.38. The number of aromatic nitrogens is 1. The third-order valence-electron chi connectivity index (χ3n) is 4.66. The molecule has 8 heteroatoms. The van der Waals surface area contributed by atoms with Gasteiger partial charge in [0.2, 0.25) is 5.91 Å². The lowest BCUT2D eigenvalue weighted by atomic mass is 10.0. The first-order chi connectivity index (χ1) is 11.4. The zero-order valence-corrected chi connectivity index (χ0v) is 13.1. The lowest BCUT2D eigenvalue weighted by Gasteiger charge is -2.37. The van der Waals surface area contributed by atoms with E-state index in [-0.39, 0.29) is 17.5 Å². The van der Waals surface area contributed by atoms with Gasteiger partial charge >= 0.3 is 6.18 Å². The smallest absolute Gasteiger partial charge is 0.340 e. The third kappa shape index (κ3) is 3.22. The van der Waals surface area contributed by atoms with E-state index in [2.05, 4.69) is 4.98 Å². The van der Waals surface area contributed by atoms with Crippen LogP contribution in [0.2, 0.25) is 0 Å². The van der Waals surface area contributed by atoms with Crippen molar-refractivity contribution in [3.63, 3.8) is 0 Å². The van der Waals surface area contributed by atoms with Crippen molar-refractivity contribution in [3.8, 4) is 0 Å². The van der Waals surface area contributed by atoms with E-state index in [0.29, 0.717) is 38.5 Å². The van der Waals surface area contributed by atoms with Gasteiger partial charge in [0.25, 0.3) is 5.91 Å². The summed E-state index contributed by atoms with van der Waals surface area (Å²) in [6.45, 7) is 1.44. The van der Waals surface area contributed by atoms with Crippen LogP contribution in [-0.2, 0) is 11.0 Å². The molecule has 1 aromatic heterocycles. The Hall–Kier alpha value is -2.12. The van der Waals surface area contributed by atoms with Crippen molar-refractivity contribution in [1.29, 1.82) is 0 Å². The van der Waals surface area contributed by atoms with Crippen molar-refractivity contribution in [1.82, 2.24) is 14.8 Å². The van der Waals surface area contributed by atoms with Gasteiger partial charge in [0.15, 0.2) is 0 Å². The van der Waals surface area contributed by atoms with Gasteiger partial charge in [-0.2, -0.15) is 13.2 Å². The first-order valence-corrected chi connectivity index (χ1v) is 7.98. The van der Waals surface area contributed by atoms with E-state index in [4.69, 9.17) is 0 Å². The van der Waals surface area contributed by atoms with E-state index in [9.17, 15) is 22.8 Å². The number of piperidine rings is 1. The van der Waals surface area contributed by atoms with Crippen molar-refractivity contribution in [2.75, 3.05) is 19.6 Å². The Bertz CT molecular complexity index is 640. The number of nitrogens with zero attached hydrogens (tertiary/aromatic N) is 3. The molecule has 0 saturated carbocycles. The zero-order valence-electron chi connectivity index (χ0n) is 13.1. The minimum atomic E-state index is -4.61. The number of hydrogen-bond acceptors (Lipinski definition) is 3. The number of rotatable bonds is 2. The van der Waals surface area contributed by atoms with Crippen LogP contribution in [0.4, 0.5) is 13.2 Å². The predicted molar refractivity (Wildman–Crippen MR) is 79.1 cm³/mol. The van der Waals surface area contributed by atoms with Crippen LogP contribution in [0.25, 0.3) is 0 Å². The number of carbonyl (C=O) groups is 2. The average molecular weight is 341 g/mol. The summed E-state index contributed by atoms with van der Waals surface area (Å²) in [6, 6.07) is 1.20. The van der Waals surface area contributed by atoms with Crippen LogP contribution in [0, 0.1) is 0 Å². The van der Waals surface area contributed by atoms with E-state index in [1.807, 2.05) is 4.90 Å². The minimum absolute atomic E-state index is 0.0866. The molecular formula is C16H18F3N3O2. The Balaban J connectivity index is 1.69. The van der Waals surface area contributed by atoms with Crippen LogP contribution in [0.3, 0.4) is 0 Å². The van der Waals surface area contributed by atoms with Crippen LogP contribution >= 0.6 is 0 Å². The van der Waals surface area contributed by atoms with Gasteiger partial charge in [0.05, 0.1) is 11.1 Å². The molecule has 2 amide bonds. The van der Waals surface area contributed by atoms with E-state index < -0.39 is 17.6 Å². The van der Waals surface area contributed by atoms with Crippen LogP contribution in [0.15, 0.2) is 18.5 Å². The van der Waals surface area contributed by atoms with Gasteiger partial charge in [-0.05, 0) is 25.3 Å². The SMILES string of the molecule is O=C(c1ccncc1C(F)(F)F)N1CCC(N2CCCC2=O)CC1. The molecular weight excluding hydrogens is 323 g/mol. The molecule has 0 aromatic carbocycles. The Kier molecular flexibility index (Phi) is 4.47. The fourth-order valence-corrected chi connectivity index (χ4v) is 3.41. The maximum absolute atomic E-state index is 13.0. The Morgan fingerprint density at radius 1 is 1.21 bits per heavy atom. The molecule has 2 saturated heterocycles. The van der Waals surface area contributed by atoms with Crippen molar-refractivity contribution in [3.05, 3.63) is 29.6 Å². The molecule has 0 unspecified atom stereocenters. The predicted octanol–water partition coefficient (Wildman–Crippen LogP) is 2.33. The van der Waals surface area contributed by atoms with Gasteiger partial charge < -0.3 is 9.80 Å². The van der Waals surface area contributed by atoms with Gasteiger partial charge in [-0.3, -0.25) is 14.6 Å². The van der Waals surface area contributed by atoms with E-state index in [1.54, 1.807) is 0 Å². The maximum Gasteiger partial charge on any atom is 0.418 e. The maximum atomic E-state index is 13.0. The summed E-state index contributed by atoms with van der Waals surface area (Å²) >= 11 is 0. The van der Waals surface area contributed by atoms with Gasteiger partial charge in [0, 0.05) is 44.5 Å². The standard InChI is InChI=1S/C16H18F3N3O2/c17-16(18,19)13-10-20-6-3-12(13)15(24)21-8-4-11(5-9-21)22-7-1-2-14(22)23/h3,6,10-11H,1-2,4-5,7-9H2. The molecule has 0 radical (unpaired) electrons. The highest BCUT2D eigenvalue weighted by molar-refractivity contribution is 5.95. The molecule has 24 heavy (non-hydrogen) atoms. The van der Waals surface area contributed by atoms with Gasteiger partial charge in [-0.25, -0.2) is 0 Å². The topological polar surface area (TPSA) is 53.5 Å². The first kappa shape index (κ1) is 16.7. The molecule has 0 aliphatic carbocycles. The van der Waals surface area contributed by atoms with E-state index >= 15 is 0 Å². The second kappa shape index (κ2) is 6.41. The van der Waals surface area contributed by atoms with Crippen LogP contribution in [-0.4, -0.2) is 52.3 Å². The quantitative estimate of drug-likeness (QED) is 0.830. The number of halogens is 3. The van der Waals surface area contributed by atoms with Gasteiger partial charge in [-0.15, -0.1) is 0 Å². The Morgan fingerprint density at radius 2 is 1.92 bits per heavy atom. The highest BCUT2D eigenvalue weighted by Crippen LogP contribution is 2.32. The summed E-state index contributed by atoms with van der Waals surface area (Å²) in [5.41, 5.74) is -1.37. The number of likely N-dealkylation sites (tertiary alicyclic amines) is 2. The fraction of sp³-hybridized carbons (Fsp3) is 0.562. The largest absolute Gasteiger partial charge is 0.418 e. The number of carbonyl (C=O) groups excluding carboxylic acids is 2. The Labute approximate surface area is 137 Å². The summed E-state index contributed by atoms with van der Waals surface area (Å²) in [6.07, 6.45) is -0.122. The van der Waals surface area contributed by atoms with E-state index in [1.165, 1.54) is 11.1 Å². The summed E-state index contributed by atoms with van der Waals surface area (Å²) < 4.78 is 39.1. The van der Waals surface area contributed by atoms with Crippen molar-refractivity contribution >= 4 is 11.8 Å². The normalized spacial score (nSPS) is 19.9. The number of hydrogen-bond donors (Lipinski definition) is 0. The van der Waals surface area contributed by atoms with Crippen molar-refractivity contribution < 1.29 is 22.8 Å². The first-order valence-electron chi connectivity index (χ1n) is 7.98. The lowest BCUT2D eigenvalue weighted by molar-refractivity contribution is -0.138. The van der Waals surface area contributed by atoms with Crippen molar-refractivity contribution in [2.24, 2.45) is 0 Å². The number of pyridine rings is 1. The molecule has 3 rings (SSSR count). The van der Waals surface area contributed by atoms with Crippen LogP contribution in [0.1, 0.15) is 41.6 Å². The second-order valence-corrected chi connectivity index (χ2v) is 6.13. The molecule has 2 fully saturated rings. The summed E-state index contributed by atoms with van der Waals surface area (Å²) in [4.78, 5) is 31.0.